The summed E-state index contributed by atoms with van der Waals surface area (Å²) < 4.78 is 39.4. The zero-order chi connectivity index (χ0) is 25.3. The van der Waals surface area contributed by atoms with Gasteiger partial charge in [0.25, 0.3) is 10.1 Å². The first-order chi connectivity index (χ1) is 15.8. The van der Waals surface area contributed by atoms with E-state index in [-0.39, 0.29) is 4.90 Å². The Balaban J connectivity index is 1.97. The number of hydrogen-bond donors (Lipinski definition) is 2. The highest BCUT2D eigenvalue weighted by Gasteiger charge is 2.18. The Morgan fingerprint density at radius 2 is 1.56 bits per heavy atom. The molecule has 0 amide bonds. The van der Waals surface area contributed by atoms with Crippen LogP contribution in [0, 0.1) is 27.7 Å². The summed E-state index contributed by atoms with van der Waals surface area (Å²) in [7, 11) is -4.31. The Hall–Kier alpha value is -2.67. The predicted molar refractivity (Wildman–Crippen MR) is 136 cm³/mol. The second kappa shape index (κ2) is 9.90. The van der Waals surface area contributed by atoms with Crippen molar-refractivity contribution in [1.29, 1.82) is 0 Å². The first-order valence-electron chi connectivity index (χ1n) is 11.4. The smallest absolute Gasteiger partial charge is 0.294 e. The van der Waals surface area contributed by atoms with Gasteiger partial charge in [0.15, 0.2) is 0 Å². The summed E-state index contributed by atoms with van der Waals surface area (Å²) in [6, 6.07) is 15.0. The van der Waals surface area contributed by atoms with Crippen LogP contribution in [0.3, 0.4) is 0 Å². The normalized spacial score (nSPS) is 12.1. The maximum Gasteiger partial charge on any atom is 0.294 e. The number of ether oxygens (including phenoxy) is 1. The minimum atomic E-state index is -4.31. The molecule has 3 aromatic rings. The molecule has 3 rings (SSSR count). The van der Waals surface area contributed by atoms with Crippen molar-refractivity contribution < 1.29 is 22.8 Å². The maximum atomic E-state index is 11.9. The lowest BCUT2D eigenvalue weighted by Gasteiger charge is -2.20. The number of aryl methyl sites for hydroxylation is 3. The van der Waals surface area contributed by atoms with Gasteiger partial charge in [-0.2, -0.15) is 8.42 Å². The van der Waals surface area contributed by atoms with Crippen molar-refractivity contribution in [2.45, 2.75) is 64.9 Å². The van der Waals surface area contributed by atoms with Crippen LogP contribution in [0.25, 0.3) is 11.1 Å². The van der Waals surface area contributed by atoms with Crippen molar-refractivity contribution in [2.24, 2.45) is 0 Å². The Bertz CT molecular complexity index is 1280. The third-order valence-electron chi connectivity index (χ3n) is 6.08. The van der Waals surface area contributed by atoms with Gasteiger partial charge < -0.3 is 9.84 Å². The summed E-state index contributed by atoms with van der Waals surface area (Å²) in [5.41, 5.74) is 7.15. The van der Waals surface area contributed by atoms with Crippen molar-refractivity contribution in [3.63, 3.8) is 0 Å². The van der Waals surface area contributed by atoms with Gasteiger partial charge in [-0.25, -0.2) is 0 Å². The Labute approximate surface area is 203 Å². The van der Waals surface area contributed by atoms with E-state index in [1.807, 2.05) is 58.0 Å². The number of rotatable bonds is 8. The molecular formula is C28H34O5S. The van der Waals surface area contributed by atoms with E-state index in [9.17, 15) is 18.1 Å². The van der Waals surface area contributed by atoms with E-state index in [2.05, 4.69) is 6.07 Å². The van der Waals surface area contributed by atoms with E-state index in [1.165, 1.54) is 6.07 Å². The lowest BCUT2D eigenvalue weighted by Crippen LogP contribution is -2.21. The molecule has 0 radical (unpaired) electrons. The summed E-state index contributed by atoms with van der Waals surface area (Å²) >= 11 is 0. The van der Waals surface area contributed by atoms with Crippen LogP contribution in [0.1, 0.15) is 53.6 Å². The summed E-state index contributed by atoms with van der Waals surface area (Å²) in [4.78, 5) is -0.0529. The van der Waals surface area contributed by atoms with E-state index in [1.54, 1.807) is 19.9 Å². The van der Waals surface area contributed by atoms with Crippen LogP contribution in [0.15, 0.2) is 53.4 Å². The van der Waals surface area contributed by atoms with Crippen molar-refractivity contribution in [3.05, 3.63) is 81.9 Å². The van der Waals surface area contributed by atoms with Crippen LogP contribution < -0.4 is 4.74 Å². The van der Waals surface area contributed by atoms with Gasteiger partial charge in [0.2, 0.25) is 0 Å². The van der Waals surface area contributed by atoms with E-state index >= 15 is 0 Å². The van der Waals surface area contributed by atoms with Crippen molar-refractivity contribution >= 4 is 10.1 Å². The third kappa shape index (κ3) is 6.26. The number of aliphatic hydroxyl groups is 1. The van der Waals surface area contributed by atoms with Gasteiger partial charge in [0, 0.05) is 6.42 Å². The highest BCUT2D eigenvalue weighted by atomic mass is 32.2. The molecule has 0 aliphatic rings. The number of benzene rings is 3. The van der Waals surface area contributed by atoms with Crippen molar-refractivity contribution in [3.8, 4) is 16.9 Å². The predicted octanol–water partition coefficient (Wildman–Crippen LogP) is 5.96. The van der Waals surface area contributed by atoms with E-state index < -0.39 is 15.7 Å². The van der Waals surface area contributed by atoms with Crippen LogP contribution >= 0.6 is 0 Å². The fourth-order valence-corrected chi connectivity index (χ4v) is 5.00. The molecule has 2 N–H and O–H groups in total. The molecule has 182 valence electrons. The zero-order valence-corrected chi connectivity index (χ0v) is 21.6. The summed E-state index contributed by atoms with van der Waals surface area (Å²) in [5.74, 6) is 0.773. The molecule has 0 saturated carbocycles. The van der Waals surface area contributed by atoms with Crippen LogP contribution in [0.2, 0.25) is 0 Å². The fourth-order valence-electron chi connectivity index (χ4n) is 4.30. The van der Waals surface area contributed by atoms with Crippen LogP contribution in [-0.4, -0.2) is 30.3 Å². The second-order valence-electron chi connectivity index (χ2n) is 9.70. The van der Waals surface area contributed by atoms with Gasteiger partial charge in [-0.1, -0.05) is 35.9 Å². The van der Waals surface area contributed by atoms with Gasteiger partial charge in [-0.15, -0.1) is 0 Å². The standard InChI is InChI=1S/C28H34O5S/c1-18-10-11-26(34(30,31)32)23(14-18)17-22-8-7-9-25(21(22)4)27-19(2)15-24(16-20(27)3)33-13-12-28(5,6)29/h7-11,14-16,29H,12-13,17H2,1-6H3,(H,30,31,32). The van der Waals surface area contributed by atoms with E-state index in [0.29, 0.717) is 25.0 Å². The SMILES string of the molecule is Cc1ccc(S(=O)(=O)O)c(Cc2cccc(-c3c(C)cc(OCCC(C)(C)O)cc3C)c2C)c1. The summed E-state index contributed by atoms with van der Waals surface area (Å²) in [5, 5.41) is 9.91. The number of hydrogen-bond acceptors (Lipinski definition) is 4. The van der Waals surface area contributed by atoms with Gasteiger partial charge in [0.1, 0.15) is 5.75 Å². The monoisotopic (exact) mass is 482 g/mol. The minimum Gasteiger partial charge on any atom is -0.493 e. The highest BCUT2D eigenvalue weighted by Crippen LogP contribution is 2.35. The average molecular weight is 483 g/mol. The van der Waals surface area contributed by atoms with Crippen LogP contribution in [-0.2, 0) is 16.5 Å². The van der Waals surface area contributed by atoms with Gasteiger partial charge in [-0.3, -0.25) is 4.55 Å². The first kappa shape index (κ1) is 25.9. The molecule has 0 heterocycles. The Morgan fingerprint density at radius 3 is 2.15 bits per heavy atom. The minimum absolute atomic E-state index is 0.0529. The topological polar surface area (TPSA) is 83.8 Å². The van der Waals surface area contributed by atoms with Crippen molar-refractivity contribution in [1.82, 2.24) is 0 Å². The maximum absolute atomic E-state index is 11.9. The van der Waals surface area contributed by atoms with Crippen molar-refractivity contribution in [2.75, 3.05) is 6.61 Å². The molecule has 0 spiro atoms. The molecule has 34 heavy (non-hydrogen) atoms. The Morgan fingerprint density at radius 1 is 0.912 bits per heavy atom. The summed E-state index contributed by atoms with van der Waals surface area (Å²) in [6.07, 6.45) is 0.936. The third-order valence-corrected chi connectivity index (χ3v) is 7.03. The van der Waals surface area contributed by atoms with Crippen LogP contribution in [0.4, 0.5) is 0 Å². The molecule has 0 unspecified atom stereocenters. The van der Waals surface area contributed by atoms with Gasteiger partial charge in [0.05, 0.1) is 17.1 Å². The largest absolute Gasteiger partial charge is 0.493 e. The molecule has 5 nitrogen and oxygen atoms in total. The molecule has 0 atom stereocenters. The summed E-state index contributed by atoms with van der Waals surface area (Å²) in [6.45, 7) is 12.0. The average Bonchev–Trinajstić information content (AvgIpc) is 2.68. The molecule has 0 aromatic heterocycles. The molecule has 3 aromatic carbocycles. The van der Waals surface area contributed by atoms with Gasteiger partial charge in [-0.05, 0) is 105 Å². The molecule has 0 saturated heterocycles. The highest BCUT2D eigenvalue weighted by molar-refractivity contribution is 7.85. The molecular weight excluding hydrogens is 448 g/mol. The molecule has 0 bridgehead atoms. The second-order valence-corrected chi connectivity index (χ2v) is 11.1. The van der Waals surface area contributed by atoms with E-state index in [4.69, 9.17) is 4.74 Å². The zero-order valence-electron chi connectivity index (χ0n) is 20.8. The molecule has 0 aliphatic carbocycles. The van der Waals surface area contributed by atoms with Crippen LogP contribution in [0.5, 0.6) is 5.75 Å². The molecule has 0 aliphatic heterocycles. The lowest BCUT2D eigenvalue weighted by molar-refractivity contribution is 0.0553. The lowest BCUT2D eigenvalue weighted by atomic mass is 9.88. The van der Waals surface area contributed by atoms with Gasteiger partial charge >= 0.3 is 0 Å². The quantitative estimate of drug-likeness (QED) is 0.387. The molecule has 6 heteroatoms. The first-order valence-corrected chi connectivity index (χ1v) is 12.8. The Kier molecular flexibility index (Phi) is 7.56. The molecule has 0 fully saturated rings. The van der Waals surface area contributed by atoms with E-state index in [0.717, 1.165) is 44.7 Å². The fraction of sp³-hybridized carbons (Fsp3) is 0.357.